The van der Waals surface area contributed by atoms with E-state index in [1.807, 2.05) is 13.0 Å². The Hall–Kier alpha value is -1.07. The molecule has 1 aliphatic rings. The summed E-state index contributed by atoms with van der Waals surface area (Å²) in [6.07, 6.45) is 0.239. The Labute approximate surface area is 118 Å². The average Bonchev–Trinajstić information content (AvgIpc) is 2.73. The van der Waals surface area contributed by atoms with Crippen molar-refractivity contribution in [2.24, 2.45) is 5.92 Å². The smallest absolute Gasteiger partial charge is 0.229 e. The van der Waals surface area contributed by atoms with Crippen molar-refractivity contribution in [2.75, 3.05) is 11.9 Å². The average molecular weight is 332 g/mol. The summed E-state index contributed by atoms with van der Waals surface area (Å²) in [6, 6.07) is 3.54. The molecule has 1 heterocycles. The number of hydrogen-bond donors (Lipinski definition) is 2. The third-order valence-corrected chi connectivity index (χ3v) is 3.92. The molecule has 1 aliphatic heterocycles. The number of halogens is 2. The first-order valence-corrected chi connectivity index (χ1v) is 6.67. The molecule has 18 heavy (non-hydrogen) atoms. The minimum absolute atomic E-state index is 0.0869. The van der Waals surface area contributed by atoms with Gasteiger partial charge in [-0.2, -0.15) is 0 Å². The van der Waals surface area contributed by atoms with Gasteiger partial charge >= 0.3 is 0 Å². The summed E-state index contributed by atoms with van der Waals surface area (Å²) < 4.78 is 0.773. The minimum Gasteiger partial charge on any atom is -0.355 e. The quantitative estimate of drug-likeness (QED) is 0.875. The maximum absolute atomic E-state index is 11.9. The van der Waals surface area contributed by atoms with Gasteiger partial charge in [0.2, 0.25) is 11.8 Å². The summed E-state index contributed by atoms with van der Waals surface area (Å²) in [5.41, 5.74) is 1.55. The fourth-order valence-corrected chi connectivity index (χ4v) is 2.49. The standard InChI is InChI=1S/C12H12BrClN2O2/c1-6-2-8(13)10(4-9(6)14)16-12(18)7-3-11(17)15-5-7/h2,4,7H,3,5H2,1H3,(H,15,17)(H,16,18). The lowest BCUT2D eigenvalue weighted by molar-refractivity contribution is -0.123. The van der Waals surface area contributed by atoms with Gasteiger partial charge in [-0.05, 0) is 40.5 Å². The number of amides is 2. The van der Waals surface area contributed by atoms with Crippen LogP contribution in [0.4, 0.5) is 5.69 Å². The van der Waals surface area contributed by atoms with Crippen LogP contribution in [0, 0.1) is 12.8 Å². The lowest BCUT2D eigenvalue weighted by Crippen LogP contribution is -2.24. The summed E-state index contributed by atoms with van der Waals surface area (Å²) in [7, 11) is 0. The molecule has 0 radical (unpaired) electrons. The highest BCUT2D eigenvalue weighted by Crippen LogP contribution is 2.29. The van der Waals surface area contributed by atoms with E-state index >= 15 is 0 Å². The van der Waals surface area contributed by atoms with Crippen LogP contribution < -0.4 is 10.6 Å². The Balaban J connectivity index is 2.12. The molecule has 0 spiro atoms. The van der Waals surface area contributed by atoms with Crippen molar-refractivity contribution in [1.29, 1.82) is 0 Å². The summed E-state index contributed by atoms with van der Waals surface area (Å²) in [5, 5.41) is 6.00. The molecule has 2 amide bonds. The van der Waals surface area contributed by atoms with E-state index < -0.39 is 0 Å². The van der Waals surface area contributed by atoms with Crippen LogP contribution >= 0.6 is 27.5 Å². The van der Waals surface area contributed by atoms with Crippen LogP contribution in [-0.2, 0) is 9.59 Å². The van der Waals surface area contributed by atoms with E-state index in [1.54, 1.807) is 6.07 Å². The van der Waals surface area contributed by atoms with Crippen LogP contribution in [0.1, 0.15) is 12.0 Å². The van der Waals surface area contributed by atoms with E-state index in [0.717, 1.165) is 10.0 Å². The fraction of sp³-hybridized carbons (Fsp3) is 0.333. The maximum atomic E-state index is 11.9. The molecule has 4 nitrogen and oxygen atoms in total. The van der Waals surface area contributed by atoms with Gasteiger partial charge in [0, 0.05) is 22.5 Å². The van der Waals surface area contributed by atoms with Gasteiger partial charge in [-0.15, -0.1) is 0 Å². The predicted molar refractivity (Wildman–Crippen MR) is 73.6 cm³/mol. The molecule has 1 aromatic rings. The van der Waals surface area contributed by atoms with Crippen molar-refractivity contribution in [3.63, 3.8) is 0 Å². The number of anilines is 1. The molecular formula is C12H12BrClN2O2. The Kier molecular flexibility index (Phi) is 3.92. The first-order valence-electron chi connectivity index (χ1n) is 5.50. The largest absolute Gasteiger partial charge is 0.355 e. The molecule has 2 N–H and O–H groups in total. The molecule has 6 heteroatoms. The van der Waals surface area contributed by atoms with Gasteiger partial charge in [0.15, 0.2) is 0 Å². The van der Waals surface area contributed by atoms with Crippen LogP contribution in [0.15, 0.2) is 16.6 Å². The first-order chi connectivity index (χ1) is 8.47. The number of rotatable bonds is 2. The van der Waals surface area contributed by atoms with Gasteiger partial charge in [0.25, 0.3) is 0 Å². The van der Waals surface area contributed by atoms with Gasteiger partial charge in [0.05, 0.1) is 11.6 Å². The number of carbonyl (C=O) groups excluding carboxylic acids is 2. The van der Waals surface area contributed by atoms with E-state index in [1.165, 1.54) is 0 Å². The number of hydrogen-bond acceptors (Lipinski definition) is 2. The van der Waals surface area contributed by atoms with Gasteiger partial charge in [-0.1, -0.05) is 11.6 Å². The van der Waals surface area contributed by atoms with Crippen LogP contribution in [0.2, 0.25) is 5.02 Å². The summed E-state index contributed by atoms with van der Waals surface area (Å²) >= 11 is 9.39. The maximum Gasteiger partial charge on any atom is 0.229 e. The molecule has 1 atom stereocenters. The van der Waals surface area contributed by atoms with E-state index in [0.29, 0.717) is 17.3 Å². The van der Waals surface area contributed by atoms with Crippen LogP contribution in [-0.4, -0.2) is 18.4 Å². The zero-order valence-corrected chi connectivity index (χ0v) is 12.1. The number of carbonyl (C=O) groups is 2. The molecule has 0 aromatic heterocycles. The Morgan fingerprint density at radius 1 is 1.56 bits per heavy atom. The number of benzene rings is 1. The normalized spacial score (nSPS) is 18.6. The van der Waals surface area contributed by atoms with Crippen molar-refractivity contribution in [3.8, 4) is 0 Å². The van der Waals surface area contributed by atoms with Crippen molar-refractivity contribution in [3.05, 3.63) is 27.2 Å². The van der Waals surface area contributed by atoms with Crippen LogP contribution in [0.25, 0.3) is 0 Å². The van der Waals surface area contributed by atoms with E-state index in [2.05, 4.69) is 26.6 Å². The summed E-state index contributed by atoms with van der Waals surface area (Å²) in [5.74, 6) is -0.574. The zero-order valence-electron chi connectivity index (χ0n) is 9.72. The molecule has 0 bridgehead atoms. The van der Waals surface area contributed by atoms with Crippen molar-refractivity contribution >= 4 is 45.0 Å². The molecule has 0 saturated carbocycles. The SMILES string of the molecule is Cc1cc(Br)c(NC(=O)C2CNC(=O)C2)cc1Cl. The lowest BCUT2D eigenvalue weighted by Gasteiger charge is -2.12. The Bertz CT molecular complexity index is 519. The Morgan fingerprint density at radius 2 is 2.28 bits per heavy atom. The number of nitrogens with one attached hydrogen (secondary N) is 2. The molecule has 96 valence electrons. The second-order valence-corrected chi connectivity index (χ2v) is 5.54. The van der Waals surface area contributed by atoms with Gasteiger partial charge in [-0.3, -0.25) is 9.59 Å². The molecule has 0 aliphatic carbocycles. The van der Waals surface area contributed by atoms with E-state index in [4.69, 9.17) is 11.6 Å². The molecule has 1 aromatic carbocycles. The van der Waals surface area contributed by atoms with Gasteiger partial charge in [-0.25, -0.2) is 0 Å². The monoisotopic (exact) mass is 330 g/mol. The first kappa shape index (κ1) is 13.4. The summed E-state index contributed by atoms with van der Waals surface area (Å²) in [4.78, 5) is 23.0. The summed E-state index contributed by atoms with van der Waals surface area (Å²) in [6.45, 7) is 2.28. The predicted octanol–water partition coefficient (Wildman–Crippen LogP) is 2.49. The third-order valence-electron chi connectivity index (χ3n) is 2.85. The van der Waals surface area contributed by atoms with Crippen molar-refractivity contribution in [2.45, 2.75) is 13.3 Å². The third kappa shape index (κ3) is 2.84. The molecule has 1 unspecified atom stereocenters. The van der Waals surface area contributed by atoms with E-state index in [-0.39, 0.29) is 24.2 Å². The fourth-order valence-electron chi connectivity index (χ4n) is 1.77. The van der Waals surface area contributed by atoms with Crippen molar-refractivity contribution in [1.82, 2.24) is 5.32 Å². The molecule has 2 rings (SSSR count). The van der Waals surface area contributed by atoms with E-state index in [9.17, 15) is 9.59 Å². The van der Waals surface area contributed by atoms with Crippen molar-refractivity contribution < 1.29 is 9.59 Å². The molecular weight excluding hydrogens is 320 g/mol. The topological polar surface area (TPSA) is 58.2 Å². The number of aryl methyl sites for hydroxylation is 1. The molecule has 1 fully saturated rings. The highest BCUT2D eigenvalue weighted by Gasteiger charge is 2.28. The second kappa shape index (κ2) is 5.28. The highest BCUT2D eigenvalue weighted by molar-refractivity contribution is 9.10. The van der Waals surface area contributed by atoms with Crippen LogP contribution in [0.3, 0.4) is 0 Å². The molecule has 1 saturated heterocycles. The van der Waals surface area contributed by atoms with Gasteiger partial charge < -0.3 is 10.6 Å². The van der Waals surface area contributed by atoms with Gasteiger partial charge in [0.1, 0.15) is 0 Å². The highest BCUT2D eigenvalue weighted by atomic mass is 79.9. The lowest BCUT2D eigenvalue weighted by atomic mass is 10.1. The Morgan fingerprint density at radius 3 is 2.89 bits per heavy atom. The van der Waals surface area contributed by atoms with Crippen LogP contribution in [0.5, 0.6) is 0 Å². The zero-order chi connectivity index (χ0) is 13.3. The minimum atomic E-state index is -0.315. The second-order valence-electron chi connectivity index (χ2n) is 4.28.